The molecular weight excluding hydrogens is 425 g/mol. The van der Waals surface area contributed by atoms with Gasteiger partial charge in [0.2, 0.25) is 0 Å². The molecule has 7 nitrogen and oxygen atoms in total. The Morgan fingerprint density at radius 1 is 1.36 bits per heavy atom. The first-order valence-electron chi connectivity index (χ1n) is 11.7. The lowest BCUT2D eigenvalue weighted by Crippen LogP contribution is -2.40. The van der Waals surface area contributed by atoms with Gasteiger partial charge in [0.1, 0.15) is 5.82 Å². The Morgan fingerprint density at radius 2 is 2.09 bits per heavy atom. The van der Waals surface area contributed by atoms with Gasteiger partial charge in [-0.05, 0) is 61.5 Å². The van der Waals surface area contributed by atoms with Gasteiger partial charge in [-0.15, -0.1) is 0 Å². The fourth-order valence-electron chi connectivity index (χ4n) is 5.19. The van der Waals surface area contributed by atoms with Crippen LogP contribution in [0.25, 0.3) is 0 Å². The Kier molecular flexibility index (Phi) is 6.56. The van der Waals surface area contributed by atoms with Crippen molar-refractivity contribution in [2.45, 2.75) is 59.4 Å². The number of hydrogen-bond acceptors (Lipinski definition) is 4. The highest BCUT2D eigenvalue weighted by Gasteiger charge is 2.39. The first-order chi connectivity index (χ1) is 15.7. The molecule has 2 N–H and O–H groups in total. The molecule has 3 heterocycles. The second-order valence-corrected chi connectivity index (χ2v) is 9.62. The van der Waals surface area contributed by atoms with Gasteiger partial charge >= 0.3 is 5.97 Å². The van der Waals surface area contributed by atoms with Crippen LogP contribution < -0.4 is 5.32 Å². The van der Waals surface area contributed by atoms with Crippen molar-refractivity contribution in [1.29, 1.82) is 0 Å². The van der Waals surface area contributed by atoms with E-state index in [0.29, 0.717) is 55.8 Å². The fourth-order valence-corrected chi connectivity index (χ4v) is 5.19. The molecule has 0 aliphatic carbocycles. The number of amides is 1. The van der Waals surface area contributed by atoms with Gasteiger partial charge in [0.05, 0.1) is 22.5 Å². The van der Waals surface area contributed by atoms with Crippen LogP contribution in [0.1, 0.15) is 69.9 Å². The molecule has 1 saturated heterocycles. The zero-order valence-electron chi connectivity index (χ0n) is 19.5. The predicted molar refractivity (Wildman–Crippen MR) is 121 cm³/mol. The van der Waals surface area contributed by atoms with Crippen LogP contribution in [0, 0.1) is 24.1 Å². The van der Waals surface area contributed by atoms with Crippen molar-refractivity contribution in [1.82, 2.24) is 15.1 Å². The van der Waals surface area contributed by atoms with E-state index in [2.05, 4.69) is 5.32 Å². The number of aryl methyl sites for hydroxylation is 2. The molecule has 1 fully saturated rings. The third-order valence-electron chi connectivity index (χ3n) is 7.11. The van der Waals surface area contributed by atoms with Crippen molar-refractivity contribution in [2.75, 3.05) is 19.8 Å². The number of hydrogen-bond donors (Lipinski definition) is 2. The van der Waals surface area contributed by atoms with E-state index in [4.69, 9.17) is 9.84 Å². The summed E-state index contributed by atoms with van der Waals surface area (Å²) >= 11 is 0. The van der Waals surface area contributed by atoms with Crippen molar-refractivity contribution < 1.29 is 23.8 Å². The lowest BCUT2D eigenvalue weighted by molar-refractivity contribution is 0.0152. The second-order valence-electron chi connectivity index (χ2n) is 9.62. The number of ether oxygens (including phenoxy) is 1. The Hall–Kier alpha value is -2.74. The third-order valence-corrected chi connectivity index (χ3v) is 7.11. The molecular formula is C25H32FN3O4. The van der Waals surface area contributed by atoms with Gasteiger partial charge in [0.25, 0.3) is 5.91 Å². The van der Waals surface area contributed by atoms with Crippen LogP contribution in [0.3, 0.4) is 0 Å². The van der Waals surface area contributed by atoms with E-state index in [9.17, 15) is 19.1 Å². The maximum atomic E-state index is 14.9. The minimum absolute atomic E-state index is 0.00508. The minimum Gasteiger partial charge on any atom is -0.478 e. The quantitative estimate of drug-likeness (QED) is 0.692. The van der Waals surface area contributed by atoms with Gasteiger partial charge < -0.3 is 15.2 Å². The van der Waals surface area contributed by atoms with Crippen molar-refractivity contribution in [2.24, 2.45) is 11.3 Å². The zero-order chi connectivity index (χ0) is 23.8. The Bertz CT molecular complexity index is 1070. The molecule has 1 aromatic heterocycles. The number of nitrogens with zero attached hydrogens (tertiary/aromatic N) is 2. The van der Waals surface area contributed by atoms with Crippen LogP contribution in [0.2, 0.25) is 0 Å². The highest BCUT2D eigenvalue weighted by Crippen LogP contribution is 2.37. The summed E-state index contributed by atoms with van der Waals surface area (Å²) in [6.07, 6.45) is 3.57. The Labute approximate surface area is 193 Å². The fraction of sp³-hybridized carbons (Fsp3) is 0.560. The van der Waals surface area contributed by atoms with Gasteiger partial charge in [-0.1, -0.05) is 26.0 Å². The van der Waals surface area contributed by atoms with E-state index in [1.165, 1.54) is 0 Å². The Morgan fingerprint density at radius 3 is 2.76 bits per heavy atom. The predicted octanol–water partition coefficient (Wildman–Crippen LogP) is 3.55. The first kappa shape index (κ1) is 23.4. The van der Waals surface area contributed by atoms with Gasteiger partial charge in [-0.2, -0.15) is 5.10 Å². The summed E-state index contributed by atoms with van der Waals surface area (Å²) in [4.78, 5) is 24.5. The average Bonchev–Trinajstić information content (AvgIpc) is 3.04. The molecule has 0 unspecified atom stereocenters. The summed E-state index contributed by atoms with van der Waals surface area (Å²) in [6.45, 7) is 8.13. The van der Waals surface area contributed by atoms with Gasteiger partial charge in [0.15, 0.2) is 0 Å². The van der Waals surface area contributed by atoms with Crippen LogP contribution in [0.15, 0.2) is 12.1 Å². The van der Waals surface area contributed by atoms with Crippen molar-refractivity contribution in [3.05, 3.63) is 51.6 Å². The standard InChI is InChI=1S/C25H32FN3O4/c1-4-18-21-19(12-25(14-27-23(21)30)7-9-33-10-8-25)29(28-18)13-15(2)11-17-6-5-16(3)20(22(17)26)24(31)32/h5-6,15H,4,7-14H2,1-3H3,(H,27,30)(H,31,32)/t15-/m1/s1. The van der Waals surface area contributed by atoms with E-state index in [1.54, 1.807) is 19.1 Å². The summed E-state index contributed by atoms with van der Waals surface area (Å²) in [5.41, 5.74) is 2.92. The van der Waals surface area contributed by atoms with E-state index in [1.807, 2.05) is 18.5 Å². The number of halogens is 1. The molecule has 33 heavy (non-hydrogen) atoms. The maximum Gasteiger partial charge on any atom is 0.338 e. The van der Waals surface area contributed by atoms with Crippen LogP contribution in [-0.4, -0.2) is 46.5 Å². The van der Waals surface area contributed by atoms with Crippen LogP contribution in [-0.2, 0) is 30.5 Å². The largest absolute Gasteiger partial charge is 0.478 e. The van der Waals surface area contributed by atoms with Crippen molar-refractivity contribution in [3.8, 4) is 0 Å². The van der Waals surface area contributed by atoms with Gasteiger partial charge in [0, 0.05) is 26.3 Å². The second kappa shape index (κ2) is 9.25. The topological polar surface area (TPSA) is 93.5 Å². The summed E-state index contributed by atoms with van der Waals surface area (Å²) in [5, 5.41) is 17.3. The van der Waals surface area contributed by atoms with E-state index in [0.717, 1.165) is 30.7 Å². The first-order valence-corrected chi connectivity index (χ1v) is 11.7. The molecule has 1 amide bonds. The molecule has 2 aliphatic heterocycles. The molecule has 2 aromatic rings. The zero-order valence-corrected chi connectivity index (χ0v) is 19.5. The number of aromatic carboxylic acids is 1. The molecule has 178 valence electrons. The molecule has 4 rings (SSSR count). The number of carbonyl (C=O) groups is 2. The normalized spacial score (nSPS) is 18.5. The monoisotopic (exact) mass is 457 g/mol. The molecule has 1 aromatic carbocycles. The molecule has 1 atom stereocenters. The number of aromatic nitrogens is 2. The van der Waals surface area contributed by atoms with Crippen LogP contribution >= 0.6 is 0 Å². The van der Waals surface area contributed by atoms with Gasteiger partial charge in [-0.3, -0.25) is 9.48 Å². The average molecular weight is 458 g/mol. The maximum absolute atomic E-state index is 14.9. The lowest BCUT2D eigenvalue weighted by atomic mass is 9.76. The Balaban J connectivity index is 1.62. The van der Waals surface area contributed by atoms with Crippen molar-refractivity contribution >= 4 is 11.9 Å². The lowest BCUT2D eigenvalue weighted by Gasteiger charge is -2.36. The smallest absolute Gasteiger partial charge is 0.338 e. The third kappa shape index (κ3) is 4.53. The molecule has 2 aliphatic rings. The number of carboxylic acid groups (broad SMARTS) is 1. The molecule has 0 radical (unpaired) electrons. The van der Waals surface area contributed by atoms with E-state index >= 15 is 0 Å². The summed E-state index contributed by atoms with van der Waals surface area (Å²) in [5.74, 6) is -1.99. The number of rotatable bonds is 6. The van der Waals surface area contributed by atoms with E-state index in [-0.39, 0.29) is 22.8 Å². The van der Waals surface area contributed by atoms with Crippen molar-refractivity contribution in [3.63, 3.8) is 0 Å². The molecule has 8 heteroatoms. The van der Waals surface area contributed by atoms with Crippen LogP contribution in [0.4, 0.5) is 4.39 Å². The number of benzene rings is 1. The minimum atomic E-state index is -1.25. The van der Waals surface area contributed by atoms with E-state index < -0.39 is 11.8 Å². The summed E-state index contributed by atoms with van der Waals surface area (Å²) < 4.78 is 22.4. The number of carboxylic acids is 1. The molecule has 1 spiro atoms. The number of carbonyl (C=O) groups excluding carboxylic acids is 1. The highest BCUT2D eigenvalue weighted by atomic mass is 19.1. The molecule has 0 bridgehead atoms. The van der Waals surface area contributed by atoms with Gasteiger partial charge in [-0.25, -0.2) is 9.18 Å². The summed E-state index contributed by atoms with van der Waals surface area (Å²) in [7, 11) is 0. The highest BCUT2D eigenvalue weighted by molar-refractivity contribution is 5.97. The number of fused-ring (bicyclic) bond motifs is 1. The SMILES string of the molecule is CCc1nn(C[C@H](C)Cc2ccc(C)c(C(=O)O)c2F)c2c1C(=O)NCC1(CCOCC1)C2. The van der Waals surface area contributed by atoms with Crippen LogP contribution in [0.5, 0.6) is 0 Å². The summed E-state index contributed by atoms with van der Waals surface area (Å²) in [6, 6.07) is 3.32. The number of nitrogens with one attached hydrogen (secondary N) is 1. The molecule has 0 saturated carbocycles.